The van der Waals surface area contributed by atoms with Crippen molar-refractivity contribution in [2.24, 2.45) is 5.10 Å². The third-order valence-corrected chi connectivity index (χ3v) is 2.36. The lowest BCUT2D eigenvalue weighted by Gasteiger charge is -2.03. The summed E-state index contributed by atoms with van der Waals surface area (Å²) in [4.78, 5) is 0. The normalized spacial score (nSPS) is 11.0. The molecule has 0 fully saturated rings. The monoisotopic (exact) mass is 241 g/mol. The van der Waals surface area contributed by atoms with E-state index in [-0.39, 0.29) is 0 Å². The molecule has 0 saturated carbocycles. The number of halogens is 1. The van der Waals surface area contributed by atoms with Crippen LogP contribution >= 0.6 is 23.8 Å². The lowest BCUT2D eigenvalue weighted by molar-refractivity contribution is 0.974. The fourth-order valence-corrected chi connectivity index (χ4v) is 1.12. The first-order valence-electron chi connectivity index (χ1n) is 4.41. The zero-order valence-electron chi connectivity index (χ0n) is 8.54. The minimum atomic E-state index is 0.489. The third-order valence-electron chi connectivity index (χ3n) is 1.81. The fraction of sp³-hybridized carbons (Fsp3) is 0.200. The van der Waals surface area contributed by atoms with Crippen LogP contribution in [-0.4, -0.2) is 17.9 Å². The maximum absolute atomic E-state index is 5.78. The summed E-state index contributed by atoms with van der Waals surface area (Å²) < 4.78 is 0. The van der Waals surface area contributed by atoms with Gasteiger partial charge in [-0.3, -0.25) is 5.43 Å². The highest BCUT2D eigenvalue weighted by molar-refractivity contribution is 7.80. The van der Waals surface area contributed by atoms with E-state index in [1.54, 1.807) is 7.05 Å². The van der Waals surface area contributed by atoms with E-state index in [2.05, 4.69) is 15.8 Å². The van der Waals surface area contributed by atoms with Crippen LogP contribution in [0.15, 0.2) is 29.4 Å². The lowest BCUT2D eigenvalue weighted by Crippen LogP contribution is -2.29. The molecule has 0 amide bonds. The summed E-state index contributed by atoms with van der Waals surface area (Å²) in [5, 5.41) is 8.09. The number of hydrogen-bond acceptors (Lipinski definition) is 2. The SMILES string of the molecule is CNC(=S)N/N=C(/C)c1ccc(Cl)cc1. The Labute approximate surface area is 99.5 Å². The van der Waals surface area contributed by atoms with Crippen molar-refractivity contribution in [1.82, 2.24) is 10.7 Å². The Morgan fingerprint density at radius 3 is 2.47 bits per heavy atom. The van der Waals surface area contributed by atoms with Crippen LogP contribution in [0.3, 0.4) is 0 Å². The van der Waals surface area contributed by atoms with Gasteiger partial charge in [0.15, 0.2) is 5.11 Å². The lowest BCUT2D eigenvalue weighted by atomic mass is 10.1. The summed E-state index contributed by atoms with van der Waals surface area (Å²) in [5.41, 5.74) is 4.58. The molecule has 0 spiro atoms. The molecule has 0 aliphatic rings. The van der Waals surface area contributed by atoms with Gasteiger partial charge in [0.05, 0.1) is 5.71 Å². The van der Waals surface area contributed by atoms with Gasteiger partial charge in [-0.25, -0.2) is 0 Å². The van der Waals surface area contributed by atoms with Gasteiger partial charge in [0, 0.05) is 12.1 Å². The quantitative estimate of drug-likeness (QED) is 0.473. The predicted octanol–water partition coefficient (Wildman–Crippen LogP) is 2.16. The summed E-state index contributed by atoms with van der Waals surface area (Å²) in [6, 6.07) is 7.47. The Balaban J connectivity index is 2.71. The van der Waals surface area contributed by atoms with E-state index in [1.165, 1.54) is 0 Å². The molecule has 0 aromatic heterocycles. The minimum Gasteiger partial charge on any atom is -0.364 e. The van der Waals surface area contributed by atoms with Crippen LogP contribution in [0.2, 0.25) is 5.02 Å². The van der Waals surface area contributed by atoms with Crippen molar-refractivity contribution in [3.8, 4) is 0 Å². The Morgan fingerprint density at radius 2 is 1.93 bits per heavy atom. The van der Waals surface area contributed by atoms with E-state index in [4.69, 9.17) is 23.8 Å². The maximum Gasteiger partial charge on any atom is 0.186 e. The predicted molar refractivity (Wildman–Crippen MR) is 68.5 cm³/mol. The summed E-state index contributed by atoms with van der Waals surface area (Å²) in [6.07, 6.45) is 0. The smallest absolute Gasteiger partial charge is 0.186 e. The third kappa shape index (κ3) is 3.85. The van der Waals surface area contributed by atoms with Crippen molar-refractivity contribution >= 4 is 34.6 Å². The molecule has 80 valence electrons. The summed E-state index contributed by atoms with van der Waals surface area (Å²) in [6.45, 7) is 1.90. The maximum atomic E-state index is 5.78. The molecule has 1 aromatic rings. The van der Waals surface area contributed by atoms with Crippen LogP contribution in [-0.2, 0) is 0 Å². The van der Waals surface area contributed by atoms with Crippen molar-refractivity contribution in [2.75, 3.05) is 7.05 Å². The molecule has 2 N–H and O–H groups in total. The second kappa shape index (κ2) is 5.68. The highest BCUT2D eigenvalue weighted by atomic mass is 35.5. The molecule has 3 nitrogen and oxygen atoms in total. The molecule has 0 heterocycles. The molecular weight excluding hydrogens is 230 g/mol. The molecule has 1 rings (SSSR count). The largest absolute Gasteiger partial charge is 0.364 e. The van der Waals surface area contributed by atoms with Gasteiger partial charge in [0.2, 0.25) is 0 Å². The van der Waals surface area contributed by atoms with Crippen LogP contribution in [0.5, 0.6) is 0 Å². The van der Waals surface area contributed by atoms with Crippen LogP contribution in [0.4, 0.5) is 0 Å². The number of nitrogens with zero attached hydrogens (tertiary/aromatic N) is 1. The number of nitrogens with one attached hydrogen (secondary N) is 2. The Bertz CT molecular complexity index is 373. The summed E-state index contributed by atoms with van der Waals surface area (Å²) in [5.74, 6) is 0. The van der Waals surface area contributed by atoms with E-state index in [0.717, 1.165) is 11.3 Å². The van der Waals surface area contributed by atoms with E-state index >= 15 is 0 Å². The topological polar surface area (TPSA) is 36.4 Å². The number of benzene rings is 1. The van der Waals surface area contributed by atoms with Gasteiger partial charge in [0.25, 0.3) is 0 Å². The standard InChI is InChI=1S/C10H12ClN3S/c1-7(13-14-10(15)12-2)8-3-5-9(11)6-4-8/h3-6H,1-2H3,(H2,12,14,15)/b13-7-. The molecule has 0 bridgehead atoms. The first kappa shape index (κ1) is 11.9. The Hall–Kier alpha value is -1.13. The average Bonchev–Trinajstić information content (AvgIpc) is 2.26. The van der Waals surface area contributed by atoms with Gasteiger partial charge in [-0.2, -0.15) is 5.10 Å². The molecule has 0 atom stereocenters. The van der Waals surface area contributed by atoms with E-state index < -0.39 is 0 Å². The molecule has 0 unspecified atom stereocenters. The Morgan fingerprint density at radius 1 is 1.33 bits per heavy atom. The van der Waals surface area contributed by atoms with Crippen LogP contribution in [0.25, 0.3) is 0 Å². The zero-order valence-corrected chi connectivity index (χ0v) is 10.1. The van der Waals surface area contributed by atoms with Crippen molar-refractivity contribution < 1.29 is 0 Å². The van der Waals surface area contributed by atoms with Gasteiger partial charge in [-0.1, -0.05) is 23.7 Å². The summed E-state index contributed by atoms with van der Waals surface area (Å²) >= 11 is 10.7. The first-order chi connectivity index (χ1) is 7.13. The second-order valence-electron chi connectivity index (χ2n) is 2.90. The first-order valence-corrected chi connectivity index (χ1v) is 5.20. The van der Waals surface area contributed by atoms with E-state index in [1.807, 2.05) is 31.2 Å². The molecule has 0 aliphatic heterocycles. The Kier molecular flexibility index (Phi) is 4.52. The van der Waals surface area contributed by atoms with Crippen molar-refractivity contribution in [3.63, 3.8) is 0 Å². The number of rotatable bonds is 2. The van der Waals surface area contributed by atoms with Gasteiger partial charge < -0.3 is 5.32 Å². The summed E-state index contributed by atoms with van der Waals surface area (Å²) in [7, 11) is 1.74. The molecule has 0 saturated heterocycles. The number of hydrogen-bond donors (Lipinski definition) is 2. The van der Waals surface area contributed by atoms with Crippen molar-refractivity contribution in [1.29, 1.82) is 0 Å². The molecule has 1 aromatic carbocycles. The molecule has 0 aliphatic carbocycles. The number of hydrazone groups is 1. The highest BCUT2D eigenvalue weighted by Gasteiger charge is 1.97. The van der Waals surface area contributed by atoms with Crippen LogP contribution in [0.1, 0.15) is 12.5 Å². The average molecular weight is 242 g/mol. The molecule has 5 heteroatoms. The molecule has 15 heavy (non-hydrogen) atoms. The van der Waals surface area contributed by atoms with Crippen LogP contribution in [0, 0.1) is 0 Å². The van der Waals surface area contributed by atoms with Gasteiger partial charge >= 0.3 is 0 Å². The van der Waals surface area contributed by atoms with Crippen molar-refractivity contribution in [2.45, 2.75) is 6.92 Å². The van der Waals surface area contributed by atoms with Crippen molar-refractivity contribution in [3.05, 3.63) is 34.9 Å². The molecular formula is C10H12ClN3S. The van der Waals surface area contributed by atoms with Crippen LogP contribution < -0.4 is 10.7 Å². The van der Waals surface area contributed by atoms with Gasteiger partial charge in [-0.05, 0) is 36.8 Å². The minimum absolute atomic E-state index is 0.489. The fourth-order valence-electron chi connectivity index (χ4n) is 0.946. The highest BCUT2D eigenvalue weighted by Crippen LogP contribution is 2.09. The van der Waals surface area contributed by atoms with E-state index in [9.17, 15) is 0 Å². The zero-order chi connectivity index (χ0) is 11.3. The second-order valence-corrected chi connectivity index (χ2v) is 3.74. The number of thiocarbonyl (C=S) groups is 1. The van der Waals surface area contributed by atoms with Gasteiger partial charge in [0.1, 0.15) is 0 Å². The van der Waals surface area contributed by atoms with Gasteiger partial charge in [-0.15, -0.1) is 0 Å². The molecule has 0 radical (unpaired) electrons. The van der Waals surface area contributed by atoms with E-state index in [0.29, 0.717) is 10.1 Å².